The molecule has 0 spiro atoms. The molecule has 0 heterocycles. The van der Waals surface area contributed by atoms with Crippen LogP contribution in [0.4, 0.5) is 0 Å². The van der Waals surface area contributed by atoms with Crippen molar-refractivity contribution in [1.82, 2.24) is 8.05 Å². The Morgan fingerprint density at radius 1 is 0.482 bits per heavy atom. The van der Waals surface area contributed by atoms with Gasteiger partial charge < -0.3 is 0 Å². The molecular formula is C50H45GaN2O2Zr. The van der Waals surface area contributed by atoms with Gasteiger partial charge in [-0.3, -0.25) is 0 Å². The first-order valence-electron chi connectivity index (χ1n) is 18.9. The fraction of sp³-hybridized carbons (Fsp3) is 0.0800. The Labute approximate surface area is 351 Å². The number of amides is 2. The quantitative estimate of drug-likeness (QED) is 0.0590. The molecule has 2 unspecified atom stereocenters. The Bertz CT molecular complexity index is 2160. The molecule has 0 saturated heterocycles. The average molecular weight is 867 g/mol. The van der Waals surface area contributed by atoms with Crippen LogP contribution in [0.15, 0.2) is 181 Å². The van der Waals surface area contributed by atoms with Crippen LogP contribution in [-0.2, 0) is 32.8 Å². The van der Waals surface area contributed by atoms with E-state index in [-0.39, 0.29) is 0 Å². The van der Waals surface area contributed by atoms with Crippen molar-refractivity contribution in [3.63, 3.8) is 0 Å². The van der Waals surface area contributed by atoms with Crippen molar-refractivity contribution in [2.75, 3.05) is 0 Å². The van der Waals surface area contributed by atoms with E-state index < -0.39 is 41.1 Å². The topological polar surface area (TPSA) is 58.2 Å². The summed E-state index contributed by atoms with van der Waals surface area (Å²) in [6.45, 7) is 4.71. The third-order valence-electron chi connectivity index (χ3n) is 9.72. The summed E-state index contributed by atoms with van der Waals surface area (Å²) in [5.41, 5.74) is 17.0. The number of allylic oxidation sites excluding steroid dienone is 4. The number of fused-ring (bicyclic) bond motifs is 2. The molecule has 0 saturated carbocycles. The van der Waals surface area contributed by atoms with Gasteiger partial charge in [-0.1, -0.05) is 85.0 Å². The standard InChI is InChI=1S/2C16H13.C16H14.2CH3NO.Ga.Zr.H/c2*1-12-10-14-8-5-9-15(16(14)11-12)13-6-3-2-4-7-13;1-3-9-15(10-4-1)13-7-8-14-16-11-5-2-6-12-16;2*2-1-3;;;/h2*2-11H,1H3;1-14H;2*1H,(H2,2,3);;;/q;;;;;+2;;/p-2. The molecule has 0 aromatic heterocycles. The number of rotatable bonds is 11. The Morgan fingerprint density at radius 3 is 1.23 bits per heavy atom. The van der Waals surface area contributed by atoms with E-state index in [1.807, 2.05) is 36.4 Å². The van der Waals surface area contributed by atoms with Crippen molar-refractivity contribution < 1.29 is 32.8 Å². The molecular weight excluding hydrogens is 822 g/mol. The van der Waals surface area contributed by atoms with Crippen LogP contribution in [0.3, 0.4) is 0 Å². The molecule has 274 valence electrons. The van der Waals surface area contributed by atoms with Crippen LogP contribution in [0.2, 0.25) is 0 Å². The molecule has 8 rings (SSSR count). The van der Waals surface area contributed by atoms with E-state index >= 15 is 0 Å². The fourth-order valence-electron chi connectivity index (χ4n) is 7.06. The number of hydrogen-bond acceptors (Lipinski definition) is 2. The molecule has 2 aliphatic carbocycles. The molecule has 56 heavy (non-hydrogen) atoms. The van der Waals surface area contributed by atoms with Crippen LogP contribution < -0.4 is 8.05 Å². The maximum atomic E-state index is 9.46. The van der Waals surface area contributed by atoms with Crippen molar-refractivity contribution in [1.29, 1.82) is 0 Å². The van der Waals surface area contributed by atoms with Crippen LogP contribution in [0, 0.1) is 0 Å². The molecule has 0 aliphatic heterocycles. The molecule has 6 aromatic rings. The first kappa shape index (κ1) is 40.4. The molecule has 2 N–H and O–H groups in total. The van der Waals surface area contributed by atoms with E-state index in [0.717, 1.165) is 0 Å². The van der Waals surface area contributed by atoms with Crippen LogP contribution in [0.5, 0.6) is 0 Å². The zero-order valence-corrected chi connectivity index (χ0v) is 37.2. The summed E-state index contributed by atoms with van der Waals surface area (Å²) >= 11 is -2.02. The molecule has 6 heteroatoms. The van der Waals surface area contributed by atoms with Crippen LogP contribution >= 0.6 is 0 Å². The summed E-state index contributed by atoms with van der Waals surface area (Å²) in [5, 5.41) is 0. The van der Waals surface area contributed by atoms with E-state index in [1.54, 1.807) is 22.3 Å². The molecule has 2 amide bonds. The number of carbonyl (C=O) groups excluding carboxylic acids is 2. The van der Waals surface area contributed by atoms with Gasteiger partial charge in [-0.25, -0.2) is 0 Å². The first-order valence-corrected chi connectivity index (χ1v) is 24.7. The van der Waals surface area contributed by atoms with Crippen LogP contribution in [0.1, 0.15) is 54.5 Å². The predicted molar refractivity (Wildman–Crippen MR) is 233 cm³/mol. The van der Waals surface area contributed by atoms with Gasteiger partial charge in [-0.2, -0.15) is 0 Å². The number of nitrogens with one attached hydrogen (secondary N) is 2. The van der Waals surface area contributed by atoms with E-state index in [2.05, 4.69) is 180 Å². The Hall–Kier alpha value is -5.26. The number of carbonyl (C=O) groups is 2. The molecule has 0 radical (unpaired) electrons. The summed E-state index contributed by atoms with van der Waals surface area (Å²) in [6.07, 6.45) is 14.4. The Morgan fingerprint density at radius 2 is 0.857 bits per heavy atom. The van der Waals surface area contributed by atoms with Gasteiger partial charge in [0.05, 0.1) is 0 Å². The van der Waals surface area contributed by atoms with Crippen molar-refractivity contribution in [3.05, 3.63) is 214 Å². The zero-order valence-electron chi connectivity index (χ0n) is 31.8. The minimum absolute atomic E-state index is 0.594. The molecule has 6 aromatic carbocycles. The first-order chi connectivity index (χ1) is 27.6. The Balaban J connectivity index is 0.000000192. The normalized spacial score (nSPS) is 14.8. The number of hydrogen-bond donors (Lipinski definition) is 2. The summed E-state index contributed by atoms with van der Waals surface area (Å²) in [4.78, 5) is 18.9. The Kier molecular flexibility index (Phi) is 15.3. The summed E-state index contributed by atoms with van der Waals surface area (Å²) in [6, 6.07) is 56.1. The number of benzene rings is 6. The van der Waals surface area contributed by atoms with E-state index in [0.29, 0.717) is 20.1 Å². The third kappa shape index (κ3) is 10.7. The van der Waals surface area contributed by atoms with E-state index in [4.69, 9.17) is 0 Å². The van der Waals surface area contributed by atoms with Gasteiger partial charge in [-0.15, -0.1) is 0 Å². The summed E-state index contributed by atoms with van der Waals surface area (Å²) < 4.78 is 6.09. The fourth-order valence-corrected chi connectivity index (χ4v) is 12.3. The van der Waals surface area contributed by atoms with Crippen molar-refractivity contribution in [2.24, 2.45) is 0 Å². The van der Waals surface area contributed by atoms with Crippen LogP contribution in [0.25, 0.3) is 46.6 Å². The molecule has 4 nitrogen and oxygen atoms in total. The van der Waals surface area contributed by atoms with E-state index in [1.165, 1.54) is 44.5 Å². The van der Waals surface area contributed by atoms with Gasteiger partial charge in [0, 0.05) is 0 Å². The second kappa shape index (κ2) is 21.2. The van der Waals surface area contributed by atoms with Crippen LogP contribution in [-0.4, -0.2) is 30.7 Å². The van der Waals surface area contributed by atoms with Gasteiger partial charge in [0.15, 0.2) is 0 Å². The van der Waals surface area contributed by atoms with Crippen molar-refractivity contribution >= 4 is 55.0 Å². The molecule has 2 aliphatic rings. The average Bonchev–Trinajstić information content (AvgIpc) is 3.75. The van der Waals surface area contributed by atoms with E-state index in [9.17, 15) is 9.59 Å². The predicted octanol–water partition coefficient (Wildman–Crippen LogP) is 10.9. The SMILES string of the molecule is C(C=Cc1ccccc1)=Cc1ccccc1.CC1=Cc2c(-c3ccccc3)cccc2[CH]1[Zr][CH]1C(C)=Cc2c(-c3ccccc3)cccc21.O=C[NH][GaH][NH]C=O. The molecule has 0 fully saturated rings. The summed E-state index contributed by atoms with van der Waals surface area (Å²) in [7, 11) is 0. The maximum absolute atomic E-state index is 9.46. The van der Waals surface area contributed by atoms with Gasteiger partial charge >= 0.3 is 258 Å². The second-order valence-corrected chi connectivity index (χ2v) is 19.6. The third-order valence-corrected chi connectivity index (χ3v) is 16.7. The van der Waals surface area contributed by atoms with Crippen molar-refractivity contribution in [2.45, 2.75) is 21.1 Å². The van der Waals surface area contributed by atoms with Gasteiger partial charge in [0.2, 0.25) is 0 Å². The minimum atomic E-state index is -1.18. The second-order valence-electron chi connectivity index (χ2n) is 13.5. The molecule has 0 bridgehead atoms. The van der Waals surface area contributed by atoms with Crippen molar-refractivity contribution in [3.8, 4) is 22.3 Å². The van der Waals surface area contributed by atoms with Gasteiger partial charge in [0.1, 0.15) is 0 Å². The zero-order chi connectivity index (χ0) is 39.0. The molecule has 2 atom stereocenters. The summed E-state index contributed by atoms with van der Waals surface area (Å²) in [5.74, 6) is 0. The monoisotopic (exact) mass is 864 g/mol. The van der Waals surface area contributed by atoms with Gasteiger partial charge in [-0.05, 0) is 11.1 Å². The van der Waals surface area contributed by atoms with Gasteiger partial charge in [0.25, 0.3) is 0 Å².